The van der Waals surface area contributed by atoms with Crippen LogP contribution in [0.5, 0.6) is 0 Å². The van der Waals surface area contributed by atoms with E-state index in [9.17, 15) is 4.79 Å². The maximum Gasteiger partial charge on any atom is 0.408 e. The molecule has 3 rings (SSSR count). The molecule has 0 aliphatic carbocycles. The highest BCUT2D eigenvalue weighted by molar-refractivity contribution is 7.98. The van der Waals surface area contributed by atoms with E-state index in [2.05, 4.69) is 15.5 Å². The molecule has 0 aliphatic rings. The molecule has 0 saturated heterocycles. The summed E-state index contributed by atoms with van der Waals surface area (Å²) in [6.45, 7) is 5.42. The van der Waals surface area contributed by atoms with E-state index in [-0.39, 0.29) is 0 Å². The number of carbonyl (C=O) groups excluding carboxylic acids is 1. The molecule has 1 amide bonds. The summed E-state index contributed by atoms with van der Waals surface area (Å²) >= 11 is 13.5. The SMILES string of the molecule is CC(C)(C)OC(=O)N[C@@H](Cc1ccccc1)c1nnc(SCc2ccc(Cl)cc2Cl)o1. The van der Waals surface area contributed by atoms with Crippen LogP contribution in [0.1, 0.15) is 43.8 Å². The molecular formula is C22H23Cl2N3O3S. The van der Waals surface area contributed by atoms with Crippen LogP contribution < -0.4 is 5.32 Å². The van der Waals surface area contributed by atoms with Gasteiger partial charge in [0.2, 0.25) is 5.89 Å². The number of rotatable bonds is 7. The minimum Gasteiger partial charge on any atom is -0.444 e. The van der Waals surface area contributed by atoms with Crippen molar-refractivity contribution in [3.05, 3.63) is 75.6 Å². The number of aromatic nitrogens is 2. The summed E-state index contributed by atoms with van der Waals surface area (Å²) in [5.74, 6) is 0.847. The van der Waals surface area contributed by atoms with Crippen molar-refractivity contribution in [3.8, 4) is 0 Å². The Morgan fingerprint density at radius 3 is 2.58 bits per heavy atom. The number of hydrogen-bond donors (Lipinski definition) is 1. The Hall–Kier alpha value is -2.22. The molecule has 31 heavy (non-hydrogen) atoms. The number of nitrogens with zero attached hydrogens (tertiary/aromatic N) is 2. The number of carbonyl (C=O) groups is 1. The number of hydrogen-bond acceptors (Lipinski definition) is 6. The highest BCUT2D eigenvalue weighted by Crippen LogP contribution is 2.29. The number of benzene rings is 2. The van der Waals surface area contributed by atoms with Gasteiger partial charge in [-0.25, -0.2) is 4.79 Å². The van der Waals surface area contributed by atoms with Crippen LogP contribution in [0, 0.1) is 0 Å². The first-order valence-corrected chi connectivity index (χ1v) is 11.4. The van der Waals surface area contributed by atoms with E-state index < -0.39 is 17.7 Å². The van der Waals surface area contributed by atoms with Crippen LogP contribution >= 0.6 is 35.0 Å². The molecule has 164 valence electrons. The molecule has 0 fully saturated rings. The lowest BCUT2D eigenvalue weighted by molar-refractivity contribution is 0.0494. The lowest BCUT2D eigenvalue weighted by Crippen LogP contribution is -2.36. The third kappa shape index (κ3) is 7.45. The van der Waals surface area contributed by atoms with Gasteiger partial charge in [0.05, 0.1) is 0 Å². The fourth-order valence-electron chi connectivity index (χ4n) is 2.70. The first-order chi connectivity index (χ1) is 14.7. The Balaban J connectivity index is 1.72. The van der Waals surface area contributed by atoms with E-state index in [1.54, 1.807) is 12.1 Å². The quantitative estimate of drug-likeness (QED) is 0.390. The van der Waals surface area contributed by atoms with Crippen molar-refractivity contribution < 1.29 is 13.9 Å². The number of alkyl carbamates (subject to hydrolysis) is 1. The monoisotopic (exact) mass is 479 g/mol. The van der Waals surface area contributed by atoms with E-state index in [0.29, 0.717) is 33.3 Å². The topological polar surface area (TPSA) is 77.2 Å². The van der Waals surface area contributed by atoms with Crippen LogP contribution in [-0.4, -0.2) is 21.9 Å². The average Bonchev–Trinajstić information content (AvgIpc) is 3.15. The molecule has 0 spiro atoms. The van der Waals surface area contributed by atoms with Gasteiger partial charge in [-0.05, 0) is 44.0 Å². The van der Waals surface area contributed by atoms with Gasteiger partial charge in [0.15, 0.2) is 0 Å². The van der Waals surface area contributed by atoms with Gasteiger partial charge in [-0.15, -0.1) is 10.2 Å². The first kappa shape index (κ1) is 23.4. The molecule has 0 radical (unpaired) electrons. The van der Waals surface area contributed by atoms with E-state index in [1.807, 2.05) is 57.2 Å². The molecule has 9 heteroatoms. The number of amides is 1. The van der Waals surface area contributed by atoms with Crippen molar-refractivity contribution in [1.29, 1.82) is 0 Å². The highest BCUT2D eigenvalue weighted by atomic mass is 35.5. The van der Waals surface area contributed by atoms with Crippen molar-refractivity contribution in [2.75, 3.05) is 0 Å². The third-order valence-electron chi connectivity index (χ3n) is 4.06. The van der Waals surface area contributed by atoms with Gasteiger partial charge in [0, 0.05) is 22.2 Å². The first-order valence-electron chi connectivity index (χ1n) is 9.63. The van der Waals surface area contributed by atoms with E-state index >= 15 is 0 Å². The molecule has 6 nitrogen and oxygen atoms in total. The standard InChI is InChI=1S/C22H23Cl2N3O3S/c1-22(2,3)30-20(28)25-18(11-14-7-5-4-6-8-14)19-26-27-21(29-19)31-13-15-9-10-16(23)12-17(15)24/h4-10,12,18H,11,13H2,1-3H3,(H,25,28)/t18-/m0/s1. The number of thioether (sulfide) groups is 1. The van der Waals surface area contributed by atoms with Crippen LogP contribution in [0.3, 0.4) is 0 Å². The fraction of sp³-hybridized carbons (Fsp3) is 0.318. The number of halogens is 2. The second-order valence-corrected chi connectivity index (χ2v) is 9.59. The molecule has 0 bridgehead atoms. The molecule has 2 aromatic carbocycles. The summed E-state index contributed by atoms with van der Waals surface area (Å²) in [5.41, 5.74) is 1.31. The molecule has 1 atom stereocenters. The molecule has 0 saturated carbocycles. The lowest BCUT2D eigenvalue weighted by Gasteiger charge is -2.22. The van der Waals surface area contributed by atoms with Crippen LogP contribution in [0.2, 0.25) is 10.0 Å². The second-order valence-electron chi connectivity index (χ2n) is 7.82. The van der Waals surface area contributed by atoms with E-state index in [0.717, 1.165) is 11.1 Å². The minimum atomic E-state index is -0.616. The van der Waals surface area contributed by atoms with Gasteiger partial charge < -0.3 is 14.5 Å². The average molecular weight is 480 g/mol. The van der Waals surface area contributed by atoms with Crippen LogP contribution in [-0.2, 0) is 16.9 Å². The van der Waals surface area contributed by atoms with Crippen molar-refractivity contribution in [1.82, 2.24) is 15.5 Å². The Morgan fingerprint density at radius 1 is 1.16 bits per heavy atom. The maximum atomic E-state index is 12.4. The summed E-state index contributed by atoms with van der Waals surface area (Å²) < 4.78 is 11.2. The van der Waals surface area contributed by atoms with Gasteiger partial charge in [-0.3, -0.25) is 0 Å². The zero-order valence-electron chi connectivity index (χ0n) is 17.4. The Morgan fingerprint density at radius 2 is 1.90 bits per heavy atom. The largest absolute Gasteiger partial charge is 0.444 e. The Bertz CT molecular complexity index is 1020. The maximum absolute atomic E-state index is 12.4. The van der Waals surface area contributed by atoms with Crippen molar-refractivity contribution in [2.45, 2.75) is 49.8 Å². The van der Waals surface area contributed by atoms with E-state index in [1.165, 1.54) is 11.8 Å². The summed E-state index contributed by atoms with van der Waals surface area (Å²) in [7, 11) is 0. The smallest absolute Gasteiger partial charge is 0.408 e. The Kier molecular flexibility index (Phi) is 7.86. The summed E-state index contributed by atoms with van der Waals surface area (Å²) in [6, 6.07) is 14.5. The fourth-order valence-corrected chi connectivity index (χ4v) is 4.03. The summed E-state index contributed by atoms with van der Waals surface area (Å²) in [5, 5.41) is 12.6. The zero-order chi connectivity index (χ0) is 22.4. The molecule has 1 heterocycles. The lowest BCUT2D eigenvalue weighted by atomic mass is 10.1. The predicted octanol–water partition coefficient (Wildman–Crippen LogP) is 6.48. The van der Waals surface area contributed by atoms with Gasteiger partial charge >= 0.3 is 6.09 Å². The van der Waals surface area contributed by atoms with Crippen molar-refractivity contribution >= 4 is 41.1 Å². The van der Waals surface area contributed by atoms with Gasteiger partial charge in [0.1, 0.15) is 11.6 Å². The second kappa shape index (κ2) is 10.4. The normalized spacial score (nSPS) is 12.4. The molecule has 0 unspecified atom stereocenters. The van der Waals surface area contributed by atoms with Crippen LogP contribution in [0.15, 0.2) is 58.2 Å². The Labute approximate surface area is 195 Å². The molecular weight excluding hydrogens is 457 g/mol. The zero-order valence-corrected chi connectivity index (χ0v) is 19.7. The molecule has 0 aliphatic heterocycles. The predicted molar refractivity (Wildman–Crippen MR) is 123 cm³/mol. The van der Waals surface area contributed by atoms with Crippen LogP contribution in [0.4, 0.5) is 4.79 Å². The minimum absolute atomic E-state index is 0.305. The van der Waals surface area contributed by atoms with Gasteiger partial charge in [0.25, 0.3) is 5.22 Å². The van der Waals surface area contributed by atoms with Crippen molar-refractivity contribution in [2.24, 2.45) is 0 Å². The van der Waals surface area contributed by atoms with Gasteiger partial charge in [-0.1, -0.05) is 71.4 Å². The third-order valence-corrected chi connectivity index (χ3v) is 5.51. The van der Waals surface area contributed by atoms with Crippen LogP contribution in [0.25, 0.3) is 0 Å². The molecule has 3 aromatic rings. The number of nitrogens with one attached hydrogen (secondary N) is 1. The molecule has 1 aromatic heterocycles. The molecule has 1 N–H and O–H groups in total. The van der Waals surface area contributed by atoms with E-state index in [4.69, 9.17) is 32.4 Å². The van der Waals surface area contributed by atoms with Gasteiger partial charge in [-0.2, -0.15) is 0 Å². The summed E-state index contributed by atoms with van der Waals surface area (Å²) in [6.07, 6.45) is -0.0659. The highest BCUT2D eigenvalue weighted by Gasteiger charge is 2.25. The number of ether oxygens (including phenoxy) is 1. The van der Waals surface area contributed by atoms with Crippen molar-refractivity contribution in [3.63, 3.8) is 0 Å². The summed E-state index contributed by atoms with van der Waals surface area (Å²) in [4.78, 5) is 12.4.